The number of fused-ring (bicyclic) bond motifs is 1. The maximum absolute atomic E-state index is 12.5. The monoisotopic (exact) mass is 385 g/mol. The molecular weight excluding hydrogens is 362 g/mol. The highest BCUT2D eigenvalue weighted by Gasteiger charge is 2.26. The van der Waals surface area contributed by atoms with Gasteiger partial charge in [-0.1, -0.05) is 11.3 Å². The highest BCUT2D eigenvalue weighted by molar-refractivity contribution is 7.22. The smallest absolute Gasteiger partial charge is 0.240 e. The van der Waals surface area contributed by atoms with Gasteiger partial charge in [0.2, 0.25) is 5.91 Å². The number of hydrogen-bond donors (Lipinski definition) is 1. The lowest BCUT2D eigenvalue weighted by Gasteiger charge is -2.23. The van der Waals surface area contributed by atoms with Gasteiger partial charge >= 0.3 is 0 Å². The number of carbonyl (C=O) groups excluding carboxylic acids is 1. The zero-order chi connectivity index (χ0) is 18.6. The Hall–Kier alpha value is -2.45. The van der Waals surface area contributed by atoms with Crippen LogP contribution in [-0.2, 0) is 11.3 Å². The van der Waals surface area contributed by atoms with E-state index < -0.39 is 0 Å². The molecule has 0 saturated carbocycles. The zero-order valence-corrected chi connectivity index (χ0v) is 16.1. The largest absolute Gasteiger partial charge is 0.494 e. The number of likely N-dealkylation sites (tertiary alicyclic amines) is 1. The Kier molecular flexibility index (Phi) is 5.35. The Labute approximate surface area is 162 Å². The van der Waals surface area contributed by atoms with Crippen LogP contribution in [0.2, 0.25) is 0 Å². The number of nitrogens with zero attached hydrogens (tertiary/aromatic N) is 4. The summed E-state index contributed by atoms with van der Waals surface area (Å²) in [5.41, 5.74) is 0.872. The summed E-state index contributed by atoms with van der Waals surface area (Å²) in [5, 5.41) is 7.86. The van der Waals surface area contributed by atoms with Gasteiger partial charge in [0.15, 0.2) is 5.13 Å². The van der Waals surface area contributed by atoms with E-state index in [-0.39, 0.29) is 5.91 Å². The Bertz CT molecular complexity index is 908. The van der Waals surface area contributed by atoms with Crippen LogP contribution in [0.5, 0.6) is 5.75 Å². The predicted molar refractivity (Wildman–Crippen MR) is 106 cm³/mol. The highest BCUT2D eigenvalue weighted by Crippen LogP contribution is 2.29. The quantitative estimate of drug-likeness (QED) is 0.677. The first kappa shape index (κ1) is 17.9. The van der Waals surface area contributed by atoms with Crippen molar-refractivity contribution >= 4 is 32.6 Å². The van der Waals surface area contributed by atoms with Crippen LogP contribution in [-0.4, -0.2) is 51.3 Å². The molecule has 7 nitrogen and oxygen atoms in total. The Balaban J connectivity index is 1.37. The second-order valence-electron chi connectivity index (χ2n) is 6.62. The van der Waals surface area contributed by atoms with Gasteiger partial charge in [-0.2, -0.15) is 5.10 Å². The van der Waals surface area contributed by atoms with Gasteiger partial charge in [-0.25, -0.2) is 4.98 Å². The van der Waals surface area contributed by atoms with Gasteiger partial charge < -0.3 is 10.1 Å². The minimum Gasteiger partial charge on any atom is -0.494 e. The van der Waals surface area contributed by atoms with Crippen molar-refractivity contribution in [3.8, 4) is 5.75 Å². The van der Waals surface area contributed by atoms with Crippen LogP contribution in [0.4, 0.5) is 5.13 Å². The topological polar surface area (TPSA) is 72.3 Å². The molecule has 0 radical (unpaired) electrons. The number of ether oxygens (including phenoxy) is 1. The third kappa shape index (κ3) is 4.28. The SMILES string of the molecule is CCOc1ccc2nc(NC(=O)CN3CCCC3Cn3cccn3)sc2c1. The molecule has 1 N–H and O–H groups in total. The number of nitrogens with one attached hydrogen (secondary N) is 1. The summed E-state index contributed by atoms with van der Waals surface area (Å²) in [4.78, 5) is 19.3. The predicted octanol–water partition coefficient (Wildman–Crippen LogP) is 2.99. The molecule has 3 heterocycles. The second-order valence-corrected chi connectivity index (χ2v) is 7.66. The summed E-state index contributed by atoms with van der Waals surface area (Å²) in [5.74, 6) is 0.802. The third-order valence-electron chi connectivity index (χ3n) is 4.72. The Morgan fingerprint density at radius 3 is 3.19 bits per heavy atom. The summed E-state index contributed by atoms with van der Waals surface area (Å²) >= 11 is 1.47. The number of rotatable bonds is 7. The molecule has 1 unspecified atom stereocenters. The van der Waals surface area contributed by atoms with Gasteiger partial charge in [-0.15, -0.1) is 0 Å². The van der Waals surface area contributed by atoms with E-state index in [1.807, 2.05) is 42.1 Å². The van der Waals surface area contributed by atoms with E-state index in [2.05, 4.69) is 20.3 Å². The van der Waals surface area contributed by atoms with E-state index in [1.54, 1.807) is 6.20 Å². The standard InChI is InChI=1S/C19H23N5O2S/c1-2-26-15-6-7-16-17(11-15)27-19(21-16)22-18(25)13-23-9-3-5-14(23)12-24-10-4-8-20-24/h4,6-8,10-11,14H,2-3,5,9,12-13H2,1H3,(H,21,22,25). The van der Waals surface area contributed by atoms with Crippen molar-refractivity contribution in [2.45, 2.75) is 32.4 Å². The van der Waals surface area contributed by atoms with Crippen molar-refractivity contribution in [3.05, 3.63) is 36.7 Å². The molecule has 0 bridgehead atoms. The number of anilines is 1. The van der Waals surface area contributed by atoms with E-state index in [1.165, 1.54) is 11.3 Å². The molecular formula is C19H23N5O2S. The molecule has 1 fully saturated rings. The lowest BCUT2D eigenvalue weighted by Crippen LogP contribution is -2.39. The van der Waals surface area contributed by atoms with Crippen molar-refractivity contribution < 1.29 is 9.53 Å². The van der Waals surface area contributed by atoms with Gasteiger partial charge in [-0.05, 0) is 50.6 Å². The van der Waals surface area contributed by atoms with Crippen molar-refractivity contribution in [1.29, 1.82) is 0 Å². The molecule has 1 atom stereocenters. The van der Waals surface area contributed by atoms with Crippen molar-refractivity contribution in [2.75, 3.05) is 25.0 Å². The molecule has 0 spiro atoms. The first-order valence-electron chi connectivity index (χ1n) is 9.26. The van der Waals surface area contributed by atoms with Gasteiger partial charge in [-0.3, -0.25) is 14.4 Å². The van der Waals surface area contributed by atoms with E-state index >= 15 is 0 Å². The van der Waals surface area contributed by atoms with Gasteiger partial charge in [0.05, 0.1) is 29.9 Å². The molecule has 3 aromatic rings. The molecule has 8 heteroatoms. The maximum atomic E-state index is 12.5. The van der Waals surface area contributed by atoms with Gasteiger partial charge in [0, 0.05) is 18.4 Å². The minimum atomic E-state index is -0.0218. The summed E-state index contributed by atoms with van der Waals surface area (Å²) in [6.07, 6.45) is 5.96. The molecule has 1 aliphatic heterocycles. The fraction of sp³-hybridized carbons (Fsp3) is 0.421. The van der Waals surface area contributed by atoms with E-state index in [0.29, 0.717) is 24.3 Å². The first-order chi connectivity index (χ1) is 13.2. The number of amides is 1. The molecule has 27 heavy (non-hydrogen) atoms. The van der Waals surface area contributed by atoms with Crippen molar-refractivity contribution in [3.63, 3.8) is 0 Å². The summed E-state index contributed by atoms with van der Waals surface area (Å²) in [7, 11) is 0. The lowest BCUT2D eigenvalue weighted by atomic mass is 10.2. The maximum Gasteiger partial charge on any atom is 0.240 e. The van der Waals surface area contributed by atoms with Crippen LogP contribution < -0.4 is 10.1 Å². The molecule has 1 aliphatic rings. The lowest BCUT2D eigenvalue weighted by molar-refractivity contribution is -0.117. The number of thiazole rings is 1. The number of carbonyl (C=O) groups is 1. The van der Waals surface area contributed by atoms with Crippen LogP contribution >= 0.6 is 11.3 Å². The van der Waals surface area contributed by atoms with Crippen LogP contribution in [0.15, 0.2) is 36.7 Å². The fourth-order valence-corrected chi connectivity index (χ4v) is 4.40. The molecule has 1 amide bonds. The normalized spacial score (nSPS) is 17.4. The molecule has 1 aromatic carbocycles. The summed E-state index contributed by atoms with van der Waals surface area (Å²) < 4.78 is 8.47. The van der Waals surface area contributed by atoms with E-state index in [4.69, 9.17) is 4.74 Å². The molecule has 0 aliphatic carbocycles. The first-order valence-corrected chi connectivity index (χ1v) is 10.1. The molecule has 4 rings (SSSR count). The van der Waals surface area contributed by atoms with Gasteiger partial charge in [0.25, 0.3) is 0 Å². The Morgan fingerprint density at radius 2 is 2.37 bits per heavy atom. The third-order valence-corrected chi connectivity index (χ3v) is 5.65. The van der Waals surface area contributed by atoms with Crippen LogP contribution in [0.25, 0.3) is 10.2 Å². The number of hydrogen-bond acceptors (Lipinski definition) is 6. The number of benzene rings is 1. The fourth-order valence-electron chi connectivity index (χ4n) is 3.49. The summed E-state index contributed by atoms with van der Waals surface area (Å²) in [6, 6.07) is 8.07. The van der Waals surface area contributed by atoms with E-state index in [9.17, 15) is 4.79 Å². The average molecular weight is 385 g/mol. The molecule has 142 valence electrons. The number of aromatic nitrogens is 3. The van der Waals surface area contributed by atoms with Crippen LogP contribution in [0.3, 0.4) is 0 Å². The second kappa shape index (κ2) is 8.06. The van der Waals surface area contributed by atoms with Crippen molar-refractivity contribution in [1.82, 2.24) is 19.7 Å². The van der Waals surface area contributed by atoms with Crippen LogP contribution in [0, 0.1) is 0 Å². The van der Waals surface area contributed by atoms with E-state index in [0.717, 1.165) is 41.9 Å². The summed E-state index contributed by atoms with van der Waals surface area (Å²) in [6.45, 7) is 4.73. The van der Waals surface area contributed by atoms with Crippen molar-refractivity contribution in [2.24, 2.45) is 0 Å². The minimum absolute atomic E-state index is 0.0218. The van der Waals surface area contributed by atoms with Crippen LogP contribution in [0.1, 0.15) is 19.8 Å². The molecule has 1 saturated heterocycles. The van der Waals surface area contributed by atoms with Gasteiger partial charge in [0.1, 0.15) is 5.75 Å². The molecule has 2 aromatic heterocycles. The average Bonchev–Trinajstić information content (AvgIpc) is 3.37. The highest BCUT2D eigenvalue weighted by atomic mass is 32.1. The zero-order valence-electron chi connectivity index (χ0n) is 15.3. The Morgan fingerprint density at radius 1 is 1.44 bits per heavy atom.